The number of aliphatic hydroxyl groups is 2. The van der Waals surface area contributed by atoms with E-state index in [0.29, 0.717) is 23.7 Å². The molecule has 0 aromatic heterocycles. The van der Waals surface area contributed by atoms with Crippen LogP contribution in [0.3, 0.4) is 0 Å². The van der Waals surface area contributed by atoms with Gasteiger partial charge in [-0.15, -0.1) is 23.2 Å². The molecule has 0 radical (unpaired) electrons. The number of hydrogen-bond donors (Lipinski definition) is 2. The largest absolute Gasteiger partial charge is 0.390 e. The molecule has 2 N–H and O–H groups in total. The van der Waals surface area contributed by atoms with E-state index in [2.05, 4.69) is 0 Å². The first-order chi connectivity index (χ1) is 7.19. The van der Waals surface area contributed by atoms with Crippen LogP contribution in [0.5, 0.6) is 0 Å². The number of aliphatic hydroxyl groups excluding tert-OH is 2. The molecule has 2 unspecified atom stereocenters. The summed E-state index contributed by atoms with van der Waals surface area (Å²) in [5.74, 6) is 0.776. The van der Waals surface area contributed by atoms with Crippen molar-refractivity contribution in [2.24, 2.45) is 0 Å². The van der Waals surface area contributed by atoms with Crippen molar-refractivity contribution in [2.45, 2.75) is 24.5 Å². The number of rotatable bonds is 5. The summed E-state index contributed by atoms with van der Waals surface area (Å²) in [6.07, 6.45) is -1.32. The molecule has 1 aromatic rings. The Bertz CT molecular complexity index is 287. The summed E-state index contributed by atoms with van der Waals surface area (Å²) in [6.45, 7) is 0. The molecule has 0 fully saturated rings. The maximum absolute atomic E-state index is 9.74. The van der Waals surface area contributed by atoms with Gasteiger partial charge in [-0.1, -0.05) is 24.3 Å². The zero-order valence-electron chi connectivity index (χ0n) is 8.24. The van der Waals surface area contributed by atoms with Crippen LogP contribution in [-0.2, 0) is 5.88 Å². The first-order valence-corrected chi connectivity index (χ1v) is 5.83. The third-order valence-corrected chi connectivity index (χ3v) is 2.77. The fourth-order valence-electron chi connectivity index (χ4n) is 1.30. The van der Waals surface area contributed by atoms with E-state index in [1.807, 2.05) is 12.1 Å². The van der Waals surface area contributed by atoms with E-state index in [4.69, 9.17) is 23.2 Å². The van der Waals surface area contributed by atoms with Crippen molar-refractivity contribution in [1.29, 1.82) is 0 Å². The van der Waals surface area contributed by atoms with Crippen molar-refractivity contribution in [3.63, 3.8) is 0 Å². The molecule has 1 rings (SSSR count). The second-order valence-corrected chi connectivity index (χ2v) is 4.01. The lowest BCUT2D eigenvalue weighted by Gasteiger charge is -2.17. The van der Waals surface area contributed by atoms with Crippen LogP contribution in [0.15, 0.2) is 24.3 Å². The van der Waals surface area contributed by atoms with E-state index in [9.17, 15) is 10.2 Å². The van der Waals surface area contributed by atoms with Gasteiger partial charge in [-0.25, -0.2) is 0 Å². The second-order valence-electron chi connectivity index (χ2n) is 3.37. The van der Waals surface area contributed by atoms with E-state index in [-0.39, 0.29) is 0 Å². The van der Waals surface area contributed by atoms with Crippen LogP contribution in [0.1, 0.15) is 23.7 Å². The lowest BCUT2D eigenvalue weighted by atomic mass is 10.0. The smallest absolute Gasteiger partial charge is 0.105 e. The Labute approximate surface area is 99.5 Å². The average molecular weight is 249 g/mol. The van der Waals surface area contributed by atoms with Crippen LogP contribution in [-0.4, -0.2) is 22.2 Å². The summed E-state index contributed by atoms with van der Waals surface area (Å²) in [5, 5.41) is 19.3. The van der Waals surface area contributed by atoms with E-state index in [1.165, 1.54) is 0 Å². The molecule has 0 spiro atoms. The van der Waals surface area contributed by atoms with Crippen LogP contribution in [0.25, 0.3) is 0 Å². The molecule has 4 heteroatoms. The van der Waals surface area contributed by atoms with E-state index in [1.54, 1.807) is 12.1 Å². The van der Waals surface area contributed by atoms with Crippen LogP contribution in [0, 0.1) is 0 Å². The summed E-state index contributed by atoms with van der Waals surface area (Å²) < 4.78 is 0. The maximum Gasteiger partial charge on any atom is 0.105 e. The van der Waals surface area contributed by atoms with Gasteiger partial charge in [-0.3, -0.25) is 0 Å². The molecule has 15 heavy (non-hydrogen) atoms. The van der Waals surface area contributed by atoms with Crippen molar-refractivity contribution in [1.82, 2.24) is 0 Å². The molecular formula is C11H14Cl2O2. The Kier molecular flexibility index (Phi) is 5.40. The van der Waals surface area contributed by atoms with Crippen molar-refractivity contribution in [3.05, 3.63) is 35.4 Å². The van der Waals surface area contributed by atoms with Crippen LogP contribution in [0.4, 0.5) is 0 Å². The van der Waals surface area contributed by atoms with Crippen LogP contribution >= 0.6 is 23.2 Å². The lowest BCUT2D eigenvalue weighted by Crippen LogP contribution is -2.18. The van der Waals surface area contributed by atoms with Crippen molar-refractivity contribution < 1.29 is 10.2 Å². The van der Waals surface area contributed by atoms with Crippen molar-refractivity contribution >= 4 is 23.2 Å². The molecule has 2 atom stereocenters. The van der Waals surface area contributed by atoms with Crippen LogP contribution in [0.2, 0.25) is 0 Å². The molecule has 84 valence electrons. The number of halogens is 2. The summed E-state index contributed by atoms with van der Waals surface area (Å²) >= 11 is 11.1. The molecule has 0 aliphatic rings. The van der Waals surface area contributed by atoms with Gasteiger partial charge in [0.2, 0.25) is 0 Å². The number of benzene rings is 1. The van der Waals surface area contributed by atoms with Crippen molar-refractivity contribution in [3.8, 4) is 0 Å². The highest BCUT2D eigenvalue weighted by molar-refractivity contribution is 6.17. The molecule has 0 saturated carbocycles. The molecule has 0 aliphatic carbocycles. The van der Waals surface area contributed by atoms with Gasteiger partial charge >= 0.3 is 0 Å². The van der Waals surface area contributed by atoms with E-state index < -0.39 is 12.2 Å². The summed E-state index contributed by atoms with van der Waals surface area (Å²) in [6, 6.07) is 7.19. The fraction of sp³-hybridized carbons (Fsp3) is 0.455. The first-order valence-electron chi connectivity index (χ1n) is 4.76. The van der Waals surface area contributed by atoms with Gasteiger partial charge in [0.05, 0.1) is 6.10 Å². The Morgan fingerprint density at radius 3 is 2.13 bits per heavy atom. The highest BCUT2D eigenvalue weighted by Crippen LogP contribution is 2.20. The predicted molar refractivity (Wildman–Crippen MR) is 62.3 cm³/mol. The van der Waals surface area contributed by atoms with Gasteiger partial charge in [-0.05, 0) is 17.5 Å². The van der Waals surface area contributed by atoms with E-state index in [0.717, 1.165) is 5.56 Å². The standard InChI is InChI=1S/C11H14Cl2O2/c12-6-5-10(14)11(15)9-3-1-8(7-13)2-4-9/h1-4,10-11,14-15H,5-7H2. The quantitative estimate of drug-likeness (QED) is 0.787. The van der Waals surface area contributed by atoms with Gasteiger partial charge in [0, 0.05) is 11.8 Å². The molecule has 2 nitrogen and oxygen atoms in total. The predicted octanol–water partition coefficient (Wildman–Crippen LogP) is 2.45. The minimum Gasteiger partial charge on any atom is -0.390 e. The molecule has 0 aliphatic heterocycles. The molecule has 0 bridgehead atoms. The Hall–Kier alpha value is -0.280. The zero-order chi connectivity index (χ0) is 11.3. The zero-order valence-corrected chi connectivity index (χ0v) is 9.75. The maximum atomic E-state index is 9.74. The molecule has 0 saturated heterocycles. The summed E-state index contributed by atoms with van der Waals surface area (Å²) in [5.41, 5.74) is 1.67. The van der Waals surface area contributed by atoms with E-state index >= 15 is 0 Å². The second kappa shape index (κ2) is 6.33. The van der Waals surface area contributed by atoms with Crippen molar-refractivity contribution in [2.75, 3.05) is 5.88 Å². The van der Waals surface area contributed by atoms with Gasteiger partial charge in [0.15, 0.2) is 0 Å². The molecule has 0 heterocycles. The molecule has 0 amide bonds. The summed E-state index contributed by atoms with van der Waals surface area (Å²) in [7, 11) is 0. The van der Waals surface area contributed by atoms with Gasteiger partial charge in [0.1, 0.15) is 6.10 Å². The Balaban J connectivity index is 2.69. The Morgan fingerprint density at radius 1 is 1.07 bits per heavy atom. The monoisotopic (exact) mass is 248 g/mol. The highest BCUT2D eigenvalue weighted by Gasteiger charge is 2.17. The number of hydrogen-bond acceptors (Lipinski definition) is 2. The average Bonchev–Trinajstić information content (AvgIpc) is 2.28. The topological polar surface area (TPSA) is 40.5 Å². The van der Waals surface area contributed by atoms with Gasteiger partial charge in [-0.2, -0.15) is 0 Å². The Morgan fingerprint density at radius 2 is 1.67 bits per heavy atom. The minimum absolute atomic E-state index is 0.331. The molecule has 1 aromatic carbocycles. The highest BCUT2D eigenvalue weighted by atomic mass is 35.5. The number of alkyl halides is 2. The molecular weight excluding hydrogens is 235 g/mol. The minimum atomic E-state index is -0.881. The third-order valence-electron chi connectivity index (χ3n) is 2.24. The van der Waals surface area contributed by atoms with Crippen LogP contribution < -0.4 is 0 Å². The SMILES string of the molecule is OC(CCCl)C(O)c1ccc(CCl)cc1. The third kappa shape index (κ3) is 3.65. The van der Waals surface area contributed by atoms with Gasteiger partial charge < -0.3 is 10.2 Å². The first kappa shape index (κ1) is 12.8. The fourth-order valence-corrected chi connectivity index (χ4v) is 1.70. The van der Waals surface area contributed by atoms with Gasteiger partial charge in [0.25, 0.3) is 0 Å². The normalized spacial score (nSPS) is 14.9. The summed E-state index contributed by atoms with van der Waals surface area (Å²) in [4.78, 5) is 0. The lowest BCUT2D eigenvalue weighted by molar-refractivity contribution is 0.0170.